The molecule has 1 fully saturated rings. The number of aromatic nitrogens is 2. The summed E-state index contributed by atoms with van der Waals surface area (Å²) in [4.78, 5) is 92.4. The molecule has 0 radical (unpaired) electrons. The highest BCUT2D eigenvalue weighted by Crippen LogP contribution is 2.74. The summed E-state index contributed by atoms with van der Waals surface area (Å²) in [6.07, 6.45) is -3.58. The number of nitrogens with zero attached hydrogens (tertiary/aromatic N) is 1. The maximum atomic E-state index is 11.4. The average Bonchev–Trinajstić information content (AvgIpc) is 2.96. The van der Waals surface area contributed by atoms with E-state index in [9.17, 15) is 47.2 Å². The Bertz CT molecular complexity index is 1440. The molecule has 1 aromatic rings. The number of hydrogen-bond donors (Lipinski definition) is 12. The van der Waals surface area contributed by atoms with Crippen LogP contribution >= 0.6 is 46.9 Å². The van der Waals surface area contributed by atoms with Crippen LogP contribution in [0.1, 0.15) is 6.23 Å². The zero-order chi connectivity index (χ0) is 33.1. The molecular weight excluding hydrogens is 722 g/mol. The summed E-state index contributed by atoms with van der Waals surface area (Å²) in [7, 11) is -36.2. The molecule has 1 aliphatic rings. The summed E-state index contributed by atoms with van der Waals surface area (Å²) in [6, 6.07) is 1.09. The third kappa shape index (κ3) is 14.0. The number of phosphoric acid groups is 6. The van der Waals surface area contributed by atoms with E-state index in [1.165, 1.54) is 0 Å². The molecule has 0 bridgehead atoms. The van der Waals surface area contributed by atoms with E-state index >= 15 is 0 Å². The van der Waals surface area contributed by atoms with Gasteiger partial charge in [-0.2, -0.15) is 21.6 Å². The van der Waals surface area contributed by atoms with Crippen LogP contribution in [0, 0.1) is 0 Å². The summed E-state index contributed by atoms with van der Waals surface area (Å²) in [6.45, 7) is -0.479. The van der Waals surface area contributed by atoms with Crippen LogP contribution in [0.5, 0.6) is 0 Å². The monoisotopic (exact) mass is 742 g/mol. The van der Waals surface area contributed by atoms with Gasteiger partial charge in [-0.3, -0.25) is 14.3 Å². The Hall–Kier alpha value is -0.620. The number of ether oxygens (including phenoxy) is 1. The van der Waals surface area contributed by atoms with Crippen LogP contribution in [0.4, 0.5) is 0 Å². The van der Waals surface area contributed by atoms with Crippen molar-refractivity contribution in [1.29, 1.82) is 0 Å². The minimum Gasteiger partial charge on any atom is -0.394 e. The number of aliphatic hydroxyl groups is 3. The van der Waals surface area contributed by atoms with Gasteiger partial charge < -0.3 is 59.2 Å². The minimum absolute atomic E-state index is 0.479. The van der Waals surface area contributed by atoms with Crippen LogP contribution in [0.2, 0.25) is 0 Å². The molecule has 4 unspecified atom stereocenters. The Morgan fingerprint density at radius 1 is 0.714 bits per heavy atom. The van der Waals surface area contributed by atoms with Crippen molar-refractivity contribution < 1.29 is 108 Å². The summed E-state index contributed by atoms with van der Waals surface area (Å²) in [5.41, 5.74) is -1.33. The fraction of sp³-hybridized carbons (Fsp3) is 0.556. The fourth-order valence-electron chi connectivity index (χ4n) is 2.46. The Kier molecular flexibility index (Phi) is 13.3. The second kappa shape index (κ2) is 14.2. The van der Waals surface area contributed by atoms with Gasteiger partial charge in [-0.05, 0) is 0 Å². The molecule has 2 rings (SSSR count). The van der Waals surface area contributed by atoms with Gasteiger partial charge in [0.25, 0.3) is 5.56 Å². The highest BCUT2D eigenvalue weighted by atomic mass is 31.3. The van der Waals surface area contributed by atoms with Crippen molar-refractivity contribution in [3.05, 3.63) is 33.1 Å². The number of H-pyrrole nitrogens is 1. The fourth-order valence-corrected chi connectivity index (χ4v) is 9.29. The van der Waals surface area contributed by atoms with Crippen molar-refractivity contribution in [2.75, 3.05) is 6.61 Å². The lowest BCUT2D eigenvalue weighted by Gasteiger charge is -2.19. The SMILES string of the molecule is O=P(O)(O)OP(=O)(O)OP(=O)(O)OP(=O)(O)OP(=O)(O)OP(=O)(O)O.O=c1ccn([C@@H]2O[C@H](CO)[C@@H](O)[C@H]2O)c(=O)[nH]1. The van der Waals surface area contributed by atoms with Gasteiger partial charge in [-0.15, -0.1) is 0 Å². The van der Waals surface area contributed by atoms with Crippen molar-refractivity contribution in [3.8, 4) is 0 Å². The molecule has 42 heavy (non-hydrogen) atoms. The minimum atomic E-state index is -6.26. The molecule has 0 aliphatic carbocycles. The Morgan fingerprint density at radius 3 is 1.40 bits per heavy atom. The van der Waals surface area contributed by atoms with E-state index in [-0.39, 0.29) is 0 Å². The van der Waals surface area contributed by atoms with Crippen molar-refractivity contribution in [3.63, 3.8) is 0 Å². The zero-order valence-electron chi connectivity index (χ0n) is 19.4. The van der Waals surface area contributed by atoms with Crippen molar-refractivity contribution >= 4 is 46.9 Å². The second-order valence-corrected chi connectivity index (χ2v) is 16.0. The largest absolute Gasteiger partial charge is 0.490 e. The summed E-state index contributed by atoms with van der Waals surface area (Å²) < 4.78 is 86.5. The molecule has 1 saturated heterocycles. The van der Waals surface area contributed by atoms with Crippen molar-refractivity contribution in [1.82, 2.24) is 9.55 Å². The lowest BCUT2D eigenvalue weighted by Crippen LogP contribution is -2.37. The third-order valence-electron chi connectivity index (χ3n) is 3.68. The molecule has 0 saturated carbocycles. The average molecular weight is 742 g/mol. The van der Waals surface area contributed by atoms with Gasteiger partial charge in [-0.1, -0.05) is 0 Å². The summed E-state index contributed by atoms with van der Waals surface area (Å²) >= 11 is 0. The first kappa shape index (κ1) is 39.4. The van der Waals surface area contributed by atoms with Gasteiger partial charge in [0.2, 0.25) is 0 Å². The predicted octanol–water partition coefficient (Wildman–Crippen LogP) is -3.20. The van der Waals surface area contributed by atoms with E-state index in [4.69, 9.17) is 49.0 Å². The zero-order valence-corrected chi connectivity index (χ0v) is 24.8. The molecule has 2 heterocycles. The van der Waals surface area contributed by atoms with Crippen LogP contribution in [0.3, 0.4) is 0 Å². The van der Waals surface area contributed by atoms with Gasteiger partial charge >= 0.3 is 52.6 Å². The van der Waals surface area contributed by atoms with Crippen LogP contribution in [-0.4, -0.2) is 88.9 Å². The highest BCUT2D eigenvalue weighted by molar-refractivity contribution is 7.72. The van der Waals surface area contributed by atoms with E-state index < -0.39 is 89.3 Å². The lowest BCUT2D eigenvalue weighted by molar-refractivity contribution is -0.0550. The summed E-state index contributed by atoms with van der Waals surface area (Å²) in [5, 5.41) is 28.1. The molecule has 1 aliphatic heterocycles. The van der Waals surface area contributed by atoms with Gasteiger partial charge in [-0.25, -0.2) is 32.2 Å². The molecule has 8 atom stereocenters. The Morgan fingerprint density at radius 2 is 1.10 bits per heavy atom. The van der Waals surface area contributed by atoms with Gasteiger partial charge in [0.05, 0.1) is 6.61 Å². The molecule has 33 heteroatoms. The van der Waals surface area contributed by atoms with Gasteiger partial charge in [0, 0.05) is 12.3 Å². The first-order valence-electron chi connectivity index (χ1n) is 9.50. The first-order chi connectivity index (χ1) is 18.6. The number of rotatable bonds is 12. The molecule has 0 aromatic carbocycles. The number of aliphatic hydroxyl groups excluding tert-OH is 3. The maximum absolute atomic E-state index is 11.4. The number of nitrogens with one attached hydrogen (secondary N) is 1. The van der Waals surface area contributed by atoms with Crippen LogP contribution < -0.4 is 11.2 Å². The highest BCUT2D eigenvalue weighted by Gasteiger charge is 2.49. The Labute approximate surface area is 229 Å². The smallest absolute Gasteiger partial charge is 0.394 e. The van der Waals surface area contributed by atoms with Crippen LogP contribution in [0.15, 0.2) is 21.9 Å². The van der Waals surface area contributed by atoms with E-state index in [1.807, 2.05) is 4.98 Å². The standard InChI is InChI=1S/C9H12N2O6.H8O19P6/c12-3-4-6(14)7(15)8(17-4)11-2-1-5(13)10-9(11)16;1-20(2,3)15-22(7,8)17-24(11,12)19-25(13,14)18-23(9,10)16-21(4,5)6/h1-2,4,6-8,12,14-15H,3H2,(H,10,13,16);(H,7,8)(H,9,10)(H,11,12)(H,13,14)(H2,1,2,3)(H2,4,5,6)/t4-,6-,7-,8-;/m1./s1. The van der Waals surface area contributed by atoms with Crippen molar-refractivity contribution in [2.45, 2.75) is 24.5 Å². The van der Waals surface area contributed by atoms with Gasteiger partial charge in [0.1, 0.15) is 18.3 Å². The molecule has 246 valence electrons. The predicted molar refractivity (Wildman–Crippen MR) is 123 cm³/mol. The second-order valence-electron chi connectivity index (χ2n) is 7.01. The maximum Gasteiger partial charge on any atom is 0.490 e. The van der Waals surface area contributed by atoms with E-state index in [0.717, 1.165) is 16.8 Å². The summed E-state index contributed by atoms with van der Waals surface area (Å²) in [5.74, 6) is 0. The Balaban J connectivity index is 0.000000448. The molecule has 27 nitrogen and oxygen atoms in total. The van der Waals surface area contributed by atoms with E-state index in [2.05, 4.69) is 21.6 Å². The third-order valence-corrected chi connectivity index (χ3v) is 12.0. The van der Waals surface area contributed by atoms with E-state index in [0.29, 0.717) is 0 Å². The first-order valence-corrected chi connectivity index (χ1v) is 18.5. The molecular formula is C9H20N2O25P6. The lowest BCUT2D eigenvalue weighted by atomic mass is 10.1. The van der Waals surface area contributed by atoms with E-state index in [1.54, 1.807) is 0 Å². The normalized spacial score (nSPS) is 27.0. The van der Waals surface area contributed by atoms with Crippen molar-refractivity contribution in [2.24, 2.45) is 0 Å². The molecule has 1 aromatic heterocycles. The van der Waals surface area contributed by atoms with Crippen LogP contribution in [0.25, 0.3) is 0 Å². The number of hydrogen-bond acceptors (Lipinski definition) is 17. The quantitative estimate of drug-likeness (QED) is 0.0938. The van der Waals surface area contributed by atoms with Crippen LogP contribution in [-0.2, 0) is 53.7 Å². The molecule has 0 amide bonds. The number of aromatic amines is 1. The van der Waals surface area contributed by atoms with Gasteiger partial charge in [0.15, 0.2) is 6.23 Å². The molecule has 12 N–H and O–H groups in total. The topological polar surface area (TPSA) is 435 Å². The molecule has 0 spiro atoms.